The maximum absolute atomic E-state index is 13.2. The first-order chi connectivity index (χ1) is 19.9. The van der Waals surface area contributed by atoms with Gasteiger partial charge in [0.2, 0.25) is 5.91 Å². The van der Waals surface area contributed by atoms with E-state index in [-0.39, 0.29) is 31.3 Å². The van der Waals surface area contributed by atoms with Crippen LogP contribution in [0.5, 0.6) is 5.75 Å². The van der Waals surface area contributed by atoms with E-state index in [9.17, 15) is 24.6 Å². The van der Waals surface area contributed by atoms with Crippen LogP contribution in [-0.2, 0) is 46.6 Å². The summed E-state index contributed by atoms with van der Waals surface area (Å²) in [5, 5.41) is 25.1. The first-order valence-corrected chi connectivity index (χ1v) is 16.1. The Morgan fingerprint density at radius 1 is 1.17 bits per heavy atom. The monoisotopic (exact) mass is 618 g/mol. The SMILES string of the molecule is CC(C)OC(=O)[C@H](Cc1ccccc1)NP(=S)(OC[C@H]1O[C@@H](N2C=CC(=O)CC2=O)[C@](C)(O)[C@@H]1O)Oc1ccccc1. The van der Waals surface area contributed by atoms with Crippen LogP contribution >= 0.6 is 6.64 Å². The van der Waals surface area contributed by atoms with Gasteiger partial charge in [0.1, 0.15) is 29.6 Å². The second-order valence-electron chi connectivity index (χ2n) is 10.5. The quantitative estimate of drug-likeness (QED) is 0.184. The lowest BCUT2D eigenvalue weighted by Gasteiger charge is -2.34. The summed E-state index contributed by atoms with van der Waals surface area (Å²) in [4.78, 5) is 38.4. The molecule has 2 heterocycles. The van der Waals surface area contributed by atoms with Gasteiger partial charge in [0.15, 0.2) is 12.0 Å². The van der Waals surface area contributed by atoms with Crippen LogP contribution in [0.3, 0.4) is 0 Å². The second-order valence-corrected chi connectivity index (χ2v) is 13.6. The first kappa shape index (κ1) is 32.0. The van der Waals surface area contributed by atoms with Crippen molar-refractivity contribution in [3.8, 4) is 5.75 Å². The van der Waals surface area contributed by atoms with Gasteiger partial charge in [0.25, 0.3) is 0 Å². The van der Waals surface area contributed by atoms with Gasteiger partial charge in [-0.25, -0.2) is 5.09 Å². The number of aliphatic hydroxyl groups excluding tert-OH is 1. The van der Waals surface area contributed by atoms with E-state index in [1.807, 2.05) is 30.3 Å². The first-order valence-electron chi connectivity index (χ1n) is 13.5. The summed E-state index contributed by atoms with van der Waals surface area (Å²) in [5.41, 5.74) is -1.05. The molecule has 226 valence electrons. The lowest BCUT2D eigenvalue weighted by molar-refractivity contribution is -0.158. The van der Waals surface area contributed by atoms with Crippen molar-refractivity contribution in [3.05, 3.63) is 78.5 Å². The molecule has 6 atom stereocenters. The van der Waals surface area contributed by atoms with Crippen molar-refractivity contribution in [3.63, 3.8) is 0 Å². The number of allylic oxidation sites excluding steroid dienone is 1. The molecule has 1 fully saturated rings. The predicted molar refractivity (Wildman–Crippen MR) is 157 cm³/mol. The minimum atomic E-state index is -3.55. The highest BCUT2D eigenvalue weighted by atomic mass is 32.5. The molecule has 2 aliphatic rings. The number of carbonyl (C=O) groups excluding carboxylic acids is 3. The average Bonchev–Trinajstić information content (AvgIpc) is 3.16. The van der Waals surface area contributed by atoms with Crippen molar-refractivity contribution >= 4 is 36.1 Å². The smallest absolute Gasteiger partial charge is 0.324 e. The number of rotatable bonds is 12. The highest BCUT2D eigenvalue weighted by Crippen LogP contribution is 2.47. The minimum Gasteiger partial charge on any atom is -0.462 e. The van der Waals surface area contributed by atoms with Crippen molar-refractivity contribution in [2.24, 2.45) is 0 Å². The Balaban J connectivity index is 1.57. The number of nitrogens with one attached hydrogen (secondary N) is 1. The van der Waals surface area contributed by atoms with Gasteiger partial charge >= 0.3 is 12.6 Å². The van der Waals surface area contributed by atoms with E-state index < -0.39 is 48.6 Å². The molecule has 0 radical (unpaired) electrons. The summed E-state index contributed by atoms with van der Waals surface area (Å²) < 4.78 is 23.6. The molecule has 1 amide bonds. The molecule has 2 aromatic rings. The van der Waals surface area contributed by atoms with Crippen LogP contribution < -0.4 is 9.61 Å². The Labute approximate surface area is 249 Å². The Hall–Kier alpha value is -2.96. The van der Waals surface area contributed by atoms with Crippen LogP contribution in [-0.4, -0.2) is 75.6 Å². The van der Waals surface area contributed by atoms with E-state index in [4.69, 9.17) is 30.3 Å². The zero-order chi connectivity index (χ0) is 30.5. The number of hydrogen-bond donors (Lipinski definition) is 3. The molecule has 2 aliphatic heterocycles. The number of nitrogens with zero attached hydrogens (tertiary/aromatic N) is 1. The zero-order valence-electron chi connectivity index (χ0n) is 23.5. The molecule has 11 nitrogen and oxygen atoms in total. The van der Waals surface area contributed by atoms with Crippen molar-refractivity contribution in [2.75, 3.05) is 6.61 Å². The topological polar surface area (TPSA) is 144 Å². The second kappa shape index (κ2) is 13.6. The van der Waals surface area contributed by atoms with Crippen LogP contribution in [0, 0.1) is 0 Å². The molecule has 0 spiro atoms. The lowest BCUT2D eigenvalue weighted by Crippen LogP contribution is -2.54. The van der Waals surface area contributed by atoms with Crippen LogP contribution in [0.1, 0.15) is 32.8 Å². The number of ether oxygens (including phenoxy) is 2. The maximum atomic E-state index is 13.2. The van der Waals surface area contributed by atoms with Gasteiger partial charge in [-0.05, 0) is 62.8 Å². The number of aliphatic hydroxyl groups is 2. The van der Waals surface area contributed by atoms with Crippen molar-refractivity contribution in [2.45, 2.75) is 69.8 Å². The predicted octanol–water partition coefficient (Wildman–Crippen LogP) is 2.61. The summed E-state index contributed by atoms with van der Waals surface area (Å²) in [5.74, 6) is -1.11. The van der Waals surface area contributed by atoms with E-state index >= 15 is 0 Å². The number of para-hydroxylation sites is 1. The Morgan fingerprint density at radius 2 is 1.81 bits per heavy atom. The van der Waals surface area contributed by atoms with Crippen molar-refractivity contribution in [1.82, 2.24) is 9.99 Å². The van der Waals surface area contributed by atoms with Crippen LogP contribution in [0.2, 0.25) is 0 Å². The van der Waals surface area contributed by atoms with Gasteiger partial charge in [0, 0.05) is 6.20 Å². The van der Waals surface area contributed by atoms with Gasteiger partial charge < -0.3 is 28.7 Å². The van der Waals surface area contributed by atoms with Crippen molar-refractivity contribution in [1.29, 1.82) is 0 Å². The molecule has 3 N–H and O–H groups in total. The largest absolute Gasteiger partial charge is 0.462 e. The molecule has 4 rings (SSSR count). The third-order valence-corrected chi connectivity index (χ3v) is 9.08. The third kappa shape index (κ3) is 7.90. The Bertz CT molecular complexity index is 1340. The Kier molecular flexibility index (Phi) is 10.3. The summed E-state index contributed by atoms with van der Waals surface area (Å²) in [7, 11) is 0. The molecule has 1 unspecified atom stereocenters. The van der Waals surface area contributed by atoms with E-state index in [1.54, 1.807) is 44.2 Å². The molecule has 0 bridgehead atoms. The summed E-state index contributed by atoms with van der Waals surface area (Å²) in [6.45, 7) is 0.897. The van der Waals surface area contributed by atoms with Gasteiger partial charge in [0.05, 0.1) is 19.1 Å². The summed E-state index contributed by atoms with van der Waals surface area (Å²) in [6.07, 6.45) is -2.02. The number of ketones is 1. The van der Waals surface area contributed by atoms with Crippen LogP contribution in [0.25, 0.3) is 0 Å². The molecule has 1 saturated heterocycles. The normalized spacial score (nSPS) is 26.2. The highest BCUT2D eigenvalue weighted by molar-refractivity contribution is 8.09. The highest BCUT2D eigenvalue weighted by Gasteiger charge is 2.56. The molecular weight excluding hydrogens is 583 g/mol. The standard InChI is InChI=1S/C29H35N2O9PS/c1-19(2)38-27(35)23(16-20-10-6-4-7-11-20)30-41(42,40-22-12-8-5-9-13-22)37-18-24-26(34)29(3,36)28(39-24)31-15-14-21(32)17-25(31)33/h4-15,19,23-24,26,28,34,36H,16-18H2,1-3H3,(H,30,42)/t23-,24+,26+,28+,29+,41?/m0/s1. The summed E-state index contributed by atoms with van der Waals surface area (Å²) in [6, 6.07) is 17.0. The number of esters is 1. The number of amides is 1. The number of carbonyl (C=O) groups is 3. The van der Waals surface area contributed by atoms with Crippen LogP contribution in [0.4, 0.5) is 0 Å². The van der Waals surface area contributed by atoms with E-state index in [2.05, 4.69) is 5.09 Å². The van der Waals surface area contributed by atoms with E-state index in [0.29, 0.717) is 5.75 Å². The molecular formula is C29H35N2O9PS. The molecule has 2 aromatic carbocycles. The lowest BCUT2D eigenvalue weighted by atomic mass is 9.95. The molecule has 42 heavy (non-hydrogen) atoms. The Morgan fingerprint density at radius 3 is 2.43 bits per heavy atom. The fraction of sp³-hybridized carbons (Fsp3) is 0.414. The third-order valence-electron chi connectivity index (χ3n) is 6.65. The van der Waals surface area contributed by atoms with E-state index in [0.717, 1.165) is 10.5 Å². The average molecular weight is 619 g/mol. The van der Waals surface area contributed by atoms with Gasteiger partial charge in [-0.3, -0.25) is 19.3 Å². The fourth-order valence-corrected chi connectivity index (χ4v) is 6.87. The van der Waals surface area contributed by atoms with Crippen LogP contribution in [0.15, 0.2) is 72.9 Å². The molecule has 0 aliphatic carbocycles. The molecule has 0 aromatic heterocycles. The maximum Gasteiger partial charge on any atom is 0.324 e. The van der Waals surface area contributed by atoms with Gasteiger partial charge in [-0.2, -0.15) is 0 Å². The minimum absolute atomic E-state index is 0.230. The number of hydrogen-bond acceptors (Lipinski definition) is 10. The fourth-order valence-electron chi connectivity index (χ4n) is 4.55. The van der Waals surface area contributed by atoms with Gasteiger partial charge in [-0.15, -0.1) is 0 Å². The van der Waals surface area contributed by atoms with E-state index in [1.165, 1.54) is 19.2 Å². The molecule has 13 heteroatoms. The summed E-state index contributed by atoms with van der Waals surface area (Å²) >= 11 is 5.86. The molecule has 0 saturated carbocycles. The van der Waals surface area contributed by atoms with Crippen molar-refractivity contribution < 1.29 is 43.1 Å². The number of benzene rings is 2. The van der Waals surface area contributed by atoms with Gasteiger partial charge in [-0.1, -0.05) is 48.5 Å². The zero-order valence-corrected chi connectivity index (χ0v) is 25.2.